The Kier molecular flexibility index (Phi) is 9.67. The fourth-order valence-electron chi connectivity index (χ4n) is 6.37. The van der Waals surface area contributed by atoms with Crippen LogP contribution in [0.3, 0.4) is 0 Å². The second-order valence-electron chi connectivity index (χ2n) is 12.0. The monoisotopic (exact) mass is 637 g/mol. The van der Waals surface area contributed by atoms with Crippen LogP contribution in [0.4, 0.5) is 4.39 Å². The SMILES string of the molecule is O=C1N[C@H]2C[C@@H](C(=O)NC[C@H]3O[C@H](CCOc4cc(-c5ccc(CO)cc5)ccc41)CC[C@@H]3O)N(Cc1ccc(Cl)c(F)c1)C2. The highest BCUT2D eigenvalue weighted by atomic mass is 35.5. The quantitative estimate of drug-likeness (QED) is 0.343. The van der Waals surface area contributed by atoms with Crippen LogP contribution in [0.2, 0.25) is 5.02 Å². The number of nitrogens with zero attached hydrogens (tertiary/aromatic N) is 1. The van der Waals surface area contributed by atoms with E-state index >= 15 is 0 Å². The summed E-state index contributed by atoms with van der Waals surface area (Å²) in [5, 5.41) is 26.1. The lowest BCUT2D eigenvalue weighted by Crippen LogP contribution is -2.50. The van der Waals surface area contributed by atoms with E-state index in [-0.39, 0.29) is 48.7 Å². The Hall–Kier alpha value is -3.54. The van der Waals surface area contributed by atoms with Gasteiger partial charge >= 0.3 is 0 Å². The molecule has 0 unspecified atom stereocenters. The van der Waals surface area contributed by atoms with Crippen molar-refractivity contribution in [2.75, 3.05) is 19.7 Å². The van der Waals surface area contributed by atoms with E-state index in [1.807, 2.05) is 41.3 Å². The number of carbonyl (C=O) groups excluding carboxylic acids is 2. The highest BCUT2D eigenvalue weighted by Crippen LogP contribution is 2.30. The standard InChI is InChI=1S/C34H37ClFN3O6/c35-27-9-3-21(13-28(27)36)17-39-18-24-15-29(39)34(43)37-16-32-30(41)10-7-25(45-32)11-12-44-31-14-23(6-8-26(31)33(42)38-24)22-4-1-20(19-40)2-5-22/h1-6,8-9,13-14,24-25,29-30,32,40-41H,7,10-12,15-19H2,(H,37,43)(H,38,42)/t24-,25-,29-,30-,32+/m0/s1. The van der Waals surface area contributed by atoms with Gasteiger partial charge in [-0.05, 0) is 65.8 Å². The number of nitrogens with one attached hydrogen (secondary N) is 2. The number of aliphatic hydroxyl groups is 2. The van der Waals surface area contributed by atoms with Crippen LogP contribution in [0, 0.1) is 5.82 Å². The fourth-order valence-corrected chi connectivity index (χ4v) is 6.48. The van der Waals surface area contributed by atoms with E-state index in [1.54, 1.807) is 12.1 Å². The zero-order valence-electron chi connectivity index (χ0n) is 24.8. The Balaban J connectivity index is 1.29. The number of ether oxygens (including phenoxy) is 2. The minimum absolute atomic E-state index is 0.0209. The number of amides is 2. The minimum Gasteiger partial charge on any atom is -0.493 e. The lowest BCUT2D eigenvalue weighted by atomic mass is 9.99. The van der Waals surface area contributed by atoms with Gasteiger partial charge in [-0.2, -0.15) is 0 Å². The molecule has 2 fully saturated rings. The molecular weight excluding hydrogens is 601 g/mol. The molecule has 9 nitrogen and oxygen atoms in total. The summed E-state index contributed by atoms with van der Waals surface area (Å²) in [5.41, 5.74) is 3.60. The van der Waals surface area contributed by atoms with Crippen molar-refractivity contribution >= 4 is 23.4 Å². The molecule has 3 aromatic rings. The van der Waals surface area contributed by atoms with E-state index in [9.17, 15) is 24.2 Å². The molecule has 0 aromatic heterocycles. The molecule has 238 valence electrons. The average molecular weight is 638 g/mol. The molecular formula is C34H37ClFN3O6. The van der Waals surface area contributed by atoms with Gasteiger partial charge in [0.15, 0.2) is 0 Å². The molecule has 3 aliphatic rings. The van der Waals surface area contributed by atoms with Gasteiger partial charge in [-0.1, -0.05) is 48.0 Å². The van der Waals surface area contributed by atoms with E-state index in [0.717, 1.165) is 16.7 Å². The third-order valence-corrected chi connectivity index (χ3v) is 9.17. The number of fused-ring (bicyclic) bond motifs is 5. The summed E-state index contributed by atoms with van der Waals surface area (Å²) in [6.45, 7) is 1.04. The highest BCUT2D eigenvalue weighted by Gasteiger charge is 2.39. The van der Waals surface area contributed by atoms with E-state index in [4.69, 9.17) is 21.1 Å². The smallest absolute Gasteiger partial charge is 0.255 e. The number of carbonyl (C=O) groups is 2. The first-order chi connectivity index (χ1) is 21.8. The number of hydrogen-bond acceptors (Lipinski definition) is 7. The van der Waals surface area contributed by atoms with Crippen molar-refractivity contribution in [3.63, 3.8) is 0 Å². The second-order valence-corrected chi connectivity index (χ2v) is 12.4. The molecule has 4 N–H and O–H groups in total. The maximum atomic E-state index is 14.2. The van der Waals surface area contributed by atoms with Gasteiger partial charge in [0.05, 0.1) is 42.0 Å². The molecule has 5 atom stereocenters. The number of hydrogen-bond donors (Lipinski definition) is 4. The number of aliphatic hydroxyl groups excluding tert-OH is 2. The van der Waals surface area contributed by atoms with Crippen molar-refractivity contribution in [2.45, 2.75) is 69.2 Å². The van der Waals surface area contributed by atoms with E-state index < -0.39 is 24.1 Å². The van der Waals surface area contributed by atoms with Gasteiger partial charge in [-0.25, -0.2) is 4.39 Å². The van der Waals surface area contributed by atoms with Crippen LogP contribution >= 0.6 is 11.6 Å². The largest absolute Gasteiger partial charge is 0.493 e. The fraction of sp³-hybridized carbons (Fsp3) is 0.412. The zero-order valence-corrected chi connectivity index (χ0v) is 25.5. The predicted octanol–water partition coefficient (Wildman–Crippen LogP) is 3.82. The molecule has 4 bridgehead atoms. The highest BCUT2D eigenvalue weighted by molar-refractivity contribution is 6.30. The summed E-state index contributed by atoms with van der Waals surface area (Å²) in [6, 6.07) is 16.6. The van der Waals surface area contributed by atoms with Gasteiger partial charge in [-0.15, -0.1) is 0 Å². The van der Waals surface area contributed by atoms with Crippen molar-refractivity contribution in [2.24, 2.45) is 0 Å². The Labute approximate surface area is 266 Å². The van der Waals surface area contributed by atoms with Gasteiger partial charge in [0.2, 0.25) is 5.91 Å². The number of likely N-dealkylation sites (tertiary alicyclic amines) is 1. The van der Waals surface area contributed by atoms with Crippen LogP contribution < -0.4 is 15.4 Å². The lowest BCUT2D eigenvalue weighted by Gasteiger charge is -2.34. The first-order valence-corrected chi connectivity index (χ1v) is 15.7. The summed E-state index contributed by atoms with van der Waals surface area (Å²) in [6.07, 6.45) is 0.637. The maximum Gasteiger partial charge on any atom is 0.255 e. The van der Waals surface area contributed by atoms with Gasteiger partial charge < -0.3 is 30.3 Å². The van der Waals surface area contributed by atoms with Crippen LogP contribution in [0.5, 0.6) is 5.75 Å². The molecule has 2 saturated heterocycles. The van der Waals surface area contributed by atoms with Gasteiger partial charge in [0.1, 0.15) is 17.7 Å². The Bertz CT molecular complexity index is 1540. The normalized spacial score (nSPS) is 26.0. The van der Waals surface area contributed by atoms with E-state index in [0.29, 0.717) is 55.7 Å². The number of benzene rings is 3. The van der Waals surface area contributed by atoms with Crippen LogP contribution in [-0.2, 0) is 22.7 Å². The van der Waals surface area contributed by atoms with Crippen molar-refractivity contribution in [3.05, 3.63) is 88.2 Å². The minimum atomic E-state index is -0.703. The molecule has 0 saturated carbocycles. The molecule has 0 radical (unpaired) electrons. The summed E-state index contributed by atoms with van der Waals surface area (Å²) >= 11 is 5.89. The summed E-state index contributed by atoms with van der Waals surface area (Å²) in [7, 11) is 0. The summed E-state index contributed by atoms with van der Waals surface area (Å²) in [4.78, 5) is 29.1. The molecule has 3 aromatic carbocycles. The lowest BCUT2D eigenvalue weighted by molar-refractivity contribution is -0.133. The predicted molar refractivity (Wildman–Crippen MR) is 166 cm³/mol. The van der Waals surface area contributed by atoms with Crippen LogP contribution in [0.1, 0.15) is 47.2 Å². The maximum absolute atomic E-state index is 14.2. The van der Waals surface area contributed by atoms with Crippen molar-refractivity contribution < 1.29 is 33.7 Å². The van der Waals surface area contributed by atoms with Crippen molar-refractivity contribution in [3.8, 4) is 16.9 Å². The van der Waals surface area contributed by atoms with Gasteiger partial charge in [0, 0.05) is 32.1 Å². The molecule has 0 spiro atoms. The summed E-state index contributed by atoms with van der Waals surface area (Å²) < 4.78 is 26.7. The third kappa shape index (κ3) is 7.31. The number of rotatable bonds is 4. The number of halogens is 2. The average Bonchev–Trinajstić information content (AvgIpc) is 3.44. The summed E-state index contributed by atoms with van der Waals surface area (Å²) in [5.74, 6) is -0.675. The molecule has 11 heteroatoms. The van der Waals surface area contributed by atoms with Crippen molar-refractivity contribution in [1.29, 1.82) is 0 Å². The Morgan fingerprint density at radius 1 is 0.978 bits per heavy atom. The molecule has 6 rings (SSSR count). The zero-order chi connectivity index (χ0) is 31.5. The van der Waals surface area contributed by atoms with E-state index in [2.05, 4.69) is 10.6 Å². The molecule has 3 aliphatic heterocycles. The Morgan fingerprint density at radius 3 is 2.53 bits per heavy atom. The molecule has 45 heavy (non-hydrogen) atoms. The first kappa shape index (κ1) is 31.4. The van der Waals surface area contributed by atoms with Gasteiger partial charge in [-0.3, -0.25) is 14.5 Å². The van der Waals surface area contributed by atoms with Gasteiger partial charge in [0.25, 0.3) is 5.91 Å². The topological polar surface area (TPSA) is 120 Å². The third-order valence-electron chi connectivity index (χ3n) is 8.86. The first-order valence-electron chi connectivity index (χ1n) is 15.3. The van der Waals surface area contributed by atoms with Crippen LogP contribution in [0.25, 0.3) is 11.1 Å². The van der Waals surface area contributed by atoms with Crippen LogP contribution in [-0.4, -0.2) is 77.0 Å². The second kappa shape index (κ2) is 13.8. The van der Waals surface area contributed by atoms with Crippen molar-refractivity contribution in [1.82, 2.24) is 15.5 Å². The molecule has 2 amide bonds. The molecule has 3 heterocycles. The van der Waals surface area contributed by atoms with Crippen LogP contribution in [0.15, 0.2) is 60.7 Å². The molecule has 0 aliphatic carbocycles. The van der Waals surface area contributed by atoms with E-state index in [1.165, 1.54) is 12.1 Å². The Morgan fingerprint density at radius 2 is 1.76 bits per heavy atom.